The van der Waals surface area contributed by atoms with Crippen LogP contribution in [0, 0.1) is 11.3 Å². The molecule has 1 aliphatic carbocycles. The summed E-state index contributed by atoms with van der Waals surface area (Å²) < 4.78 is 0. The molecule has 1 rings (SSSR count). The highest BCUT2D eigenvalue weighted by Crippen LogP contribution is 2.46. The van der Waals surface area contributed by atoms with Crippen LogP contribution in [0.5, 0.6) is 0 Å². The molecule has 1 unspecified atom stereocenters. The minimum atomic E-state index is 0.0920. The van der Waals surface area contributed by atoms with E-state index in [9.17, 15) is 4.79 Å². The fourth-order valence-corrected chi connectivity index (χ4v) is 1.72. The van der Waals surface area contributed by atoms with Crippen molar-refractivity contribution >= 4 is 6.29 Å². The third kappa shape index (κ3) is 0.979. The predicted molar refractivity (Wildman–Crippen MR) is 41.8 cm³/mol. The molecule has 0 radical (unpaired) electrons. The first-order valence-electron chi connectivity index (χ1n) is 4.21. The van der Waals surface area contributed by atoms with Gasteiger partial charge in [0.25, 0.3) is 0 Å². The first-order valence-corrected chi connectivity index (χ1v) is 4.21. The molecule has 58 valence electrons. The Hall–Kier alpha value is -0.330. The van der Waals surface area contributed by atoms with E-state index in [2.05, 4.69) is 13.8 Å². The van der Waals surface area contributed by atoms with Gasteiger partial charge in [-0.15, -0.1) is 0 Å². The minimum absolute atomic E-state index is 0.0920. The van der Waals surface area contributed by atoms with Crippen LogP contribution >= 0.6 is 0 Å². The van der Waals surface area contributed by atoms with Crippen LogP contribution in [0.3, 0.4) is 0 Å². The molecule has 10 heavy (non-hydrogen) atoms. The van der Waals surface area contributed by atoms with Gasteiger partial charge in [0.05, 0.1) is 0 Å². The monoisotopic (exact) mass is 140 g/mol. The average molecular weight is 140 g/mol. The van der Waals surface area contributed by atoms with Crippen molar-refractivity contribution in [3.05, 3.63) is 0 Å². The molecule has 0 N–H and O–H groups in total. The molecule has 1 atom stereocenters. The van der Waals surface area contributed by atoms with Crippen LogP contribution in [-0.4, -0.2) is 6.29 Å². The fourth-order valence-electron chi connectivity index (χ4n) is 1.72. The molecule has 1 aliphatic rings. The van der Waals surface area contributed by atoms with Gasteiger partial charge in [0, 0.05) is 5.41 Å². The van der Waals surface area contributed by atoms with Crippen LogP contribution in [0.1, 0.15) is 39.5 Å². The van der Waals surface area contributed by atoms with E-state index in [1.165, 1.54) is 12.7 Å². The molecule has 0 amide bonds. The van der Waals surface area contributed by atoms with Crippen LogP contribution in [-0.2, 0) is 4.79 Å². The Labute approximate surface area is 62.8 Å². The normalized spacial score (nSPS) is 25.0. The number of hydrogen-bond donors (Lipinski definition) is 0. The lowest BCUT2D eigenvalue weighted by atomic mass is 9.62. The summed E-state index contributed by atoms with van der Waals surface area (Å²) in [5.41, 5.74) is 0.0920. The van der Waals surface area contributed by atoms with Gasteiger partial charge in [-0.3, -0.25) is 0 Å². The maximum atomic E-state index is 10.7. The van der Waals surface area contributed by atoms with Crippen molar-refractivity contribution in [3.8, 4) is 0 Å². The Morgan fingerprint density at radius 1 is 1.60 bits per heavy atom. The van der Waals surface area contributed by atoms with E-state index in [0.29, 0.717) is 5.92 Å². The molecule has 0 bridgehead atoms. The summed E-state index contributed by atoms with van der Waals surface area (Å²) in [6.45, 7) is 4.35. The lowest BCUT2D eigenvalue weighted by molar-refractivity contribution is -0.124. The van der Waals surface area contributed by atoms with Gasteiger partial charge < -0.3 is 4.79 Å². The largest absolute Gasteiger partial charge is 0.303 e. The van der Waals surface area contributed by atoms with E-state index < -0.39 is 0 Å². The first kappa shape index (κ1) is 7.77. The van der Waals surface area contributed by atoms with Crippen LogP contribution in [0.25, 0.3) is 0 Å². The highest BCUT2D eigenvalue weighted by Gasteiger charge is 2.40. The summed E-state index contributed by atoms with van der Waals surface area (Å²) in [6, 6.07) is 0. The summed E-state index contributed by atoms with van der Waals surface area (Å²) in [5, 5.41) is 0. The number of hydrogen-bond acceptors (Lipinski definition) is 1. The number of carbonyl (C=O) groups excluding carboxylic acids is 1. The zero-order chi connectivity index (χ0) is 7.61. The minimum Gasteiger partial charge on any atom is -0.303 e. The van der Waals surface area contributed by atoms with Crippen LogP contribution in [0.15, 0.2) is 0 Å². The SMILES string of the molecule is CCC(C)C1(C=O)CCC1. The lowest BCUT2D eigenvalue weighted by Gasteiger charge is -2.41. The summed E-state index contributed by atoms with van der Waals surface area (Å²) in [6.07, 6.45) is 5.84. The molecule has 0 aliphatic heterocycles. The molecule has 0 aromatic rings. The van der Waals surface area contributed by atoms with Crippen molar-refractivity contribution in [2.24, 2.45) is 11.3 Å². The van der Waals surface area contributed by atoms with Crippen molar-refractivity contribution in [2.75, 3.05) is 0 Å². The van der Waals surface area contributed by atoms with E-state index >= 15 is 0 Å². The van der Waals surface area contributed by atoms with E-state index in [4.69, 9.17) is 0 Å². The molecule has 0 aromatic heterocycles. The molecule has 1 saturated carbocycles. The number of rotatable bonds is 3. The van der Waals surface area contributed by atoms with Crippen LogP contribution in [0.2, 0.25) is 0 Å². The quantitative estimate of drug-likeness (QED) is 0.550. The van der Waals surface area contributed by atoms with Crippen molar-refractivity contribution in [1.29, 1.82) is 0 Å². The van der Waals surface area contributed by atoms with Crippen LogP contribution in [0.4, 0.5) is 0 Å². The van der Waals surface area contributed by atoms with E-state index in [-0.39, 0.29) is 5.41 Å². The second-order valence-electron chi connectivity index (χ2n) is 3.51. The molecular weight excluding hydrogens is 124 g/mol. The fraction of sp³-hybridized carbons (Fsp3) is 0.889. The third-order valence-corrected chi connectivity index (χ3v) is 3.11. The smallest absolute Gasteiger partial charge is 0.126 e. The van der Waals surface area contributed by atoms with Gasteiger partial charge in [-0.2, -0.15) is 0 Å². The molecule has 0 heterocycles. The predicted octanol–water partition coefficient (Wildman–Crippen LogP) is 2.40. The molecule has 1 fully saturated rings. The highest BCUT2D eigenvalue weighted by atomic mass is 16.1. The summed E-state index contributed by atoms with van der Waals surface area (Å²) in [5.74, 6) is 0.596. The van der Waals surface area contributed by atoms with Crippen molar-refractivity contribution < 1.29 is 4.79 Å². The molecular formula is C9H16O. The Bertz CT molecular complexity index is 125. The molecule has 1 heteroatoms. The molecule has 0 aromatic carbocycles. The average Bonchev–Trinajstić information content (AvgIpc) is 1.86. The van der Waals surface area contributed by atoms with Gasteiger partial charge >= 0.3 is 0 Å². The standard InChI is InChI=1S/C9H16O/c1-3-8(2)9(7-10)5-4-6-9/h7-8H,3-6H2,1-2H3. The van der Waals surface area contributed by atoms with Crippen molar-refractivity contribution in [2.45, 2.75) is 39.5 Å². The van der Waals surface area contributed by atoms with Gasteiger partial charge in [0.15, 0.2) is 0 Å². The lowest BCUT2D eigenvalue weighted by Crippen LogP contribution is -2.37. The van der Waals surface area contributed by atoms with Crippen molar-refractivity contribution in [1.82, 2.24) is 0 Å². The Morgan fingerprint density at radius 2 is 2.20 bits per heavy atom. The Balaban J connectivity index is 2.54. The second kappa shape index (κ2) is 2.73. The van der Waals surface area contributed by atoms with Gasteiger partial charge in [0.1, 0.15) is 6.29 Å². The van der Waals surface area contributed by atoms with Gasteiger partial charge in [0.2, 0.25) is 0 Å². The van der Waals surface area contributed by atoms with E-state index in [1.54, 1.807) is 0 Å². The maximum Gasteiger partial charge on any atom is 0.126 e. The van der Waals surface area contributed by atoms with Crippen molar-refractivity contribution in [3.63, 3.8) is 0 Å². The molecule has 1 nitrogen and oxygen atoms in total. The Kier molecular flexibility index (Phi) is 2.12. The first-order chi connectivity index (χ1) is 4.75. The van der Waals surface area contributed by atoms with E-state index in [1.807, 2.05) is 0 Å². The zero-order valence-corrected chi connectivity index (χ0v) is 6.89. The van der Waals surface area contributed by atoms with Gasteiger partial charge in [-0.1, -0.05) is 26.7 Å². The van der Waals surface area contributed by atoms with E-state index in [0.717, 1.165) is 19.3 Å². The number of aldehydes is 1. The van der Waals surface area contributed by atoms with Gasteiger partial charge in [-0.25, -0.2) is 0 Å². The second-order valence-corrected chi connectivity index (χ2v) is 3.51. The Morgan fingerprint density at radius 3 is 2.30 bits per heavy atom. The third-order valence-electron chi connectivity index (χ3n) is 3.11. The zero-order valence-electron chi connectivity index (χ0n) is 6.89. The van der Waals surface area contributed by atoms with Crippen LogP contribution < -0.4 is 0 Å². The topological polar surface area (TPSA) is 17.1 Å². The summed E-state index contributed by atoms with van der Waals surface area (Å²) >= 11 is 0. The maximum absolute atomic E-state index is 10.7. The number of carbonyl (C=O) groups is 1. The summed E-state index contributed by atoms with van der Waals surface area (Å²) in [7, 11) is 0. The molecule has 0 spiro atoms. The van der Waals surface area contributed by atoms with Gasteiger partial charge in [-0.05, 0) is 18.8 Å². The molecule has 0 saturated heterocycles. The highest BCUT2D eigenvalue weighted by molar-refractivity contribution is 5.61. The summed E-state index contributed by atoms with van der Waals surface area (Å²) in [4.78, 5) is 10.7.